The summed E-state index contributed by atoms with van der Waals surface area (Å²) in [6, 6.07) is -0.943. The number of hydrogen-bond acceptors (Lipinski definition) is 13. The van der Waals surface area contributed by atoms with Gasteiger partial charge in [0.25, 0.3) is 0 Å². The molecule has 0 aromatic carbocycles. The summed E-state index contributed by atoms with van der Waals surface area (Å²) in [7, 11) is 0. The first-order valence-corrected chi connectivity index (χ1v) is 42.3. The standard InChI is InChI=1S/C87H157NO13/c1-3-5-7-9-11-13-15-17-19-21-23-25-27-29-31-33-35-37-38-39-41-43-45-47-49-51-53-55-57-59-61-63-65-67-69-71-79(92)88-75(74-98-86-84(97)82(95)85(78(73-90)100-86)101-87-83(96)81(94)80(93)77(72-89)99-87)76(91)70-68-66-64-62-60-58-56-54-52-50-48-46-44-42-40-36-34-32-30-28-26-24-22-20-18-16-14-12-10-8-6-4-2/h5,7,11,13,17,19,23,25,52,54,60,62,68,70,75-78,80-87,89-91,93-97H,3-4,6,8-10,12,14-16,18,20-22,24,26-51,53,55-59,61,63-67,69,71-74H2,1-2H3,(H,88,92)/b7-5-,13-11-,19-17-,25-23-,54-52+,62-60+,70-68+. The number of unbranched alkanes of at least 4 members (excludes halogenated alkanes) is 46. The number of hydrogen-bond donors (Lipinski definition) is 9. The van der Waals surface area contributed by atoms with Gasteiger partial charge in [-0.1, -0.05) is 362 Å². The molecule has 12 atom stereocenters. The topological polar surface area (TPSA) is 228 Å². The van der Waals surface area contributed by atoms with Gasteiger partial charge in [-0.3, -0.25) is 4.79 Å². The summed E-state index contributed by atoms with van der Waals surface area (Å²) < 4.78 is 22.9. The average molecular weight is 1430 g/mol. The van der Waals surface area contributed by atoms with E-state index < -0.39 is 86.8 Å². The maximum absolute atomic E-state index is 13.4. The van der Waals surface area contributed by atoms with Gasteiger partial charge in [-0.2, -0.15) is 0 Å². The summed E-state index contributed by atoms with van der Waals surface area (Å²) in [5.74, 6) is -0.248. The Labute approximate surface area is 618 Å². The summed E-state index contributed by atoms with van der Waals surface area (Å²) >= 11 is 0. The molecule has 588 valence electrons. The van der Waals surface area contributed by atoms with E-state index >= 15 is 0 Å². The SMILES string of the molecule is CC/C=C\C/C=C\C/C=C\C/C=C\CCCCCCCCCCCCCCCCCCCCCCCCC(=O)NC(COC1OC(CO)C(OC2OC(CO)C(O)C(O)C2O)C(O)C1O)C(O)/C=C/CC/C=C/CC/C=C/CCCCCCCCCCCCCCCCCCCCCCCC. The van der Waals surface area contributed by atoms with E-state index in [-0.39, 0.29) is 18.9 Å². The molecule has 9 N–H and O–H groups in total. The maximum atomic E-state index is 13.4. The number of amides is 1. The van der Waals surface area contributed by atoms with Crippen molar-refractivity contribution in [2.75, 3.05) is 19.8 Å². The lowest BCUT2D eigenvalue weighted by Gasteiger charge is -2.46. The van der Waals surface area contributed by atoms with Gasteiger partial charge < -0.3 is 65.1 Å². The Kier molecular flexibility index (Phi) is 65.5. The average Bonchev–Trinajstić information content (AvgIpc) is 0.791. The second kappa shape index (κ2) is 70.2. The molecule has 2 rings (SSSR count). The fourth-order valence-corrected chi connectivity index (χ4v) is 13.7. The lowest BCUT2D eigenvalue weighted by molar-refractivity contribution is -0.359. The van der Waals surface area contributed by atoms with Crippen LogP contribution in [0.15, 0.2) is 85.1 Å². The molecule has 14 nitrogen and oxygen atoms in total. The van der Waals surface area contributed by atoms with Crippen molar-refractivity contribution >= 4 is 5.91 Å². The number of ether oxygens (including phenoxy) is 4. The third kappa shape index (κ3) is 52.7. The van der Waals surface area contributed by atoms with Crippen LogP contribution in [0, 0.1) is 0 Å². The summed E-state index contributed by atoms with van der Waals surface area (Å²) in [4.78, 5) is 13.4. The van der Waals surface area contributed by atoms with Gasteiger partial charge in [0.1, 0.15) is 48.8 Å². The van der Waals surface area contributed by atoms with Crippen molar-refractivity contribution in [3.05, 3.63) is 85.1 Å². The van der Waals surface area contributed by atoms with Gasteiger partial charge in [0.2, 0.25) is 5.91 Å². The molecule has 0 aromatic rings. The first kappa shape index (κ1) is 94.3. The highest BCUT2D eigenvalue weighted by Crippen LogP contribution is 2.30. The van der Waals surface area contributed by atoms with Crippen LogP contribution in [-0.4, -0.2) is 140 Å². The molecule has 101 heavy (non-hydrogen) atoms. The van der Waals surface area contributed by atoms with Crippen molar-refractivity contribution in [2.45, 2.75) is 441 Å². The molecule has 0 saturated carbocycles. The van der Waals surface area contributed by atoms with E-state index in [4.69, 9.17) is 18.9 Å². The number of aliphatic hydroxyl groups is 8. The molecule has 2 heterocycles. The number of carbonyl (C=O) groups excluding carboxylic acids is 1. The highest BCUT2D eigenvalue weighted by atomic mass is 16.7. The van der Waals surface area contributed by atoms with Crippen LogP contribution in [0.4, 0.5) is 0 Å². The predicted octanol–water partition coefficient (Wildman–Crippen LogP) is 19.9. The van der Waals surface area contributed by atoms with E-state index in [0.717, 1.165) is 70.6 Å². The van der Waals surface area contributed by atoms with Gasteiger partial charge in [-0.25, -0.2) is 0 Å². The molecule has 2 aliphatic rings. The molecule has 2 saturated heterocycles. The van der Waals surface area contributed by atoms with Gasteiger partial charge in [0, 0.05) is 6.42 Å². The lowest BCUT2D eigenvalue weighted by Crippen LogP contribution is -2.65. The molecular formula is C87H157NO13. The van der Waals surface area contributed by atoms with Gasteiger partial charge in [-0.05, 0) is 83.5 Å². The molecule has 0 radical (unpaired) electrons. The van der Waals surface area contributed by atoms with E-state index in [9.17, 15) is 45.6 Å². The zero-order chi connectivity index (χ0) is 73.0. The Bertz CT molecular complexity index is 2020. The minimum atomic E-state index is -1.80. The van der Waals surface area contributed by atoms with Crippen molar-refractivity contribution < 1.29 is 64.6 Å². The number of nitrogens with one attached hydrogen (secondary N) is 1. The highest BCUT2D eigenvalue weighted by molar-refractivity contribution is 5.76. The van der Waals surface area contributed by atoms with E-state index in [1.807, 2.05) is 6.08 Å². The largest absolute Gasteiger partial charge is 0.394 e. The molecular weight excluding hydrogens is 1270 g/mol. The van der Waals surface area contributed by atoms with Crippen LogP contribution >= 0.6 is 0 Å². The number of rotatable bonds is 71. The van der Waals surface area contributed by atoms with Crippen molar-refractivity contribution in [2.24, 2.45) is 0 Å². The Hall–Kier alpha value is -2.83. The van der Waals surface area contributed by atoms with Crippen molar-refractivity contribution in [3.63, 3.8) is 0 Å². The molecule has 0 spiro atoms. The second-order valence-corrected chi connectivity index (χ2v) is 29.6. The summed E-state index contributed by atoms with van der Waals surface area (Å²) in [5, 5.41) is 87.7. The van der Waals surface area contributed by atoms with Crippen LogP contribution < -0.4 is 5.32 Å². The van der Waals surface area contributed by atoms with Crippen molar-refractivity contribution in [1.29, 1.82) is 0 Å². The Morgan fingerprint density at radius 3 is 1.09 bits per heavy atom. The molecule has 2 aliphatic heterocycles. The van der Waals surface area contributed by atoms with E-state index in [1.54, 1.807) is 6.08 Å². The fraction of sp³-hybridized carbons (Fsp3) is 0.828. The molecule has 12 unspecified atom stereocenters. The van der Waals surface area contributed by atoms with Crippen molar-refractivity contribution in [1.82, 2.24) is 5.32 Å². The minimum Gasteiger partial charge on any atom is -0.394 e. The zero-order valence-electron chi connectivity index (χ0n) is 64.6. The first-order valence-electron chi connectivity index (χ1n) is 42.3. The lowest BCUT2D eigenvalue weighted by atomic mass is 9.97. The zero-order valence-corrected chi connectivity index (χ0v) is 64.6. The van der Waals surface area contributed by atoms with E-state index in [1.165, 1.54) is 263 Å². The smallest absolute Gasteiger partial charge is 0.220 e. The van der Waals surface area contributed by atoms with Crippen LogP contribution in [0.25, 0.3) is 0 Å². The monoisotopic (exact) mass is 1420 g/mol. The van der Waals surface area contributed by atoms with E-state index in [2.05, 4.69) is 92.1 Å². The fourth-order valence-electron chi connectivity index (χ4n) is 13.7. The first-order chi connectivity index (χ1) is 49.6. The van der Waals surface area contributed by atoms with E-state index in [0.29, 0.717) is 12.8 Å². The highest BCUT2D eigenvalue weighted by Gasteiger charge is 2.51. The maximum Gasteiger partial charge on any atom is 0.220 e. The Morgan fingerprint density at radius 1 is 0.366 bits per heavy atom. The van der Waals surface area contributed by atoms with Crippen LogP contribution in [0.2, 0.25) is 0 Å². The van der Waals surface area contributed by atoms with Crippen LogP contribution in [0.5, 0.6) is 0 Å². The predicted molar refractivity (Wildman–Crippen MR) is 420 cm³/mol. The summed E-state index contributed by atoms with van der Waals surface area (Å²) in [6.45, 7) is 2.72. The normalized spacial score (nSPS) is 22.2. The molecule has 1 amide bonds. The summed E-state index contributed by atoms with van der Waals surface area (Å²) in [5.41, 5.74) is 0. The van der Waals surface area contributed by atoms with Gasteiger partial charge in [0.15, 0.2) is 12.6 Å². The number of aliphatic hydroxyl groups excluding tert-OH is 8. The van der Waals surface area contributed by atoms with Gasteiger partial charge in [-0.15, -0.1) is 0 Å². The molecule has 14 heteroatoms. The molecule has 2 fully saturated rings. The minimum absolute atomic E-state index is 0.248. The molecule has 0 aliphatic carbocycles. The molecule has 0 aromatic heterocycles. The quantitative estimate of drug-likeness (QED) is 0.0204. The Balaban J connectivity index is 1.61. The number of allylic oxidation sites excluding steroid dienone is 13. The Morgan fingerprint density at radius 2 is 0.693 bits per heavy atom. The second-order valence-electron chi connectivity index (χ2n) is 29.6. The van der Waals surface area contributed by atoms with Gasteiger partial charge in [0.05, 0.1) is 32.0 Å². The van der Waals surface area contributed by atoms with Crippen molar-refractivity contribution in [3.8, 4) is 0 Å². The summed E-state index contributed by atoms with van der Waals surface area (Å²) in [6.07, 6.45) is 82.6. The van der Waals surface area contributed by atoms with Crippen LogP contribution in [-0.2, 0) is 23.7 Å². The third-order valence-electron chi connectivity index (χ3n) is 20.3. The van der Waals surface area contributed by atoms with Crippen LogP contribution in [0.3, 0.4) is 0 Å². The molecule has 0 bridgehead atoms. The van der Waals surface area contributed by atoms with Crippen LogP contribution in [0.1, 0.15) is 367 Å². The van der Waals surface area contributed by atoms with Gasteiger partial charge >= 0.3 is 0 Å². The third-order valence-corrected chi connectivity index (χ3v) is 20.3. The number of carbonyl (C=O) groups is 1.